The zero-order valence-corrected chi connectivity index (χ0v) is 24.3. The zero-order chi connectivity index (χ0) is 28.2. The summed E-state index contributed by atoms with van der Waals surface area (Å²) in [6.45, 7) is 12.5. The third kappa shape index (κ3) is 6.27. The molecule has 8 nitrogen and oxygen atoms in total. The van der Waals surface area contributed by atoms with Crippen molar-refractivity contribution < 1.29 is 14.3 Å². The fourth-order valence-corrected chi connectivity index (χ4v) is 4.91. The highest BCUT2D eigenvalue weighted by Crippen LogP contribution is 2.34. The van der Waals surface area contributed by atoms with Gasteiger partial charge in [-0.25, -0.2) is 4.98 Å². The summed E-state index contributed by atoms with van der Waals surface area (Å²) in [5.41, 5.74) is 4.23. The molecule has 1 amide bonds. The molecule has 0 radical (unpaired) electrons. The third-order valence-corrected chi connectivity index (χ3v) is 6.94. The van der Waals surface area contributed by atoms with Crippen molar-refractivity contribution in [3.63, 3.8) is 0 Å². The first-order valence-corrected chi connectivity index (χ1v) is 13.8. The number of benzene rings is 1. The average Bonchev–Trinajstić information content (AvgIpc) is 3.25. The quantitative estimate of drug-likeness (QED) is 0.328. The number of fused-ring (bicyclic) bond motifs is 1. The molecule has 1 aromatic carbocycles. The smallest absolute Gasteiger partial charge is 0.272 e. The first-order chi connectivity index (χ1) is 18.7. The van der Waals surface area contributed by atoms with Gasteiger partial charge in [-0.2, -0.15) is 4.98 Å². The molecule has 3 aromatic rings. The van der Waals surface area contributed by atoms with E-state index >= 15 is 0 Å². The summed E-state index contributed by atoms with van der Waals surface area (Å²) in [7, 11) is 3.51. The second-order valence-electron chi connectivity index (χ2n) is 11.0. The molecule has 1 aliphatic rings. The highest BCUT2D eigenvalue weighted by Gasteiger charge is 2.25. The first kappa shape index (κ1) is 28.2. The Morgan fingerprint density at radius 2 is 1.87 bits per heavy atom. The van der Waals surface area contributed by atoms with Crippen LogP contribution < -0.4 is 19.7 Å². The number of anilines is 2. The van der Waals surface area contributed by atoms with Gasteiger partial charge in [0, 0.05) is 32.4 Å². The second kappa shape index (κ2) is 11.9. The van der Waals surface area contributed by atoms with Gasteiger partial charge in [-0.1, -0.05) is 40.7 Å². The number of nitrogens with zero attached hydrogens (tertiary/aromatic N) is 4. The molecule has 0 aliphatic heterocycles. The highest BCUT2D eigenvalue weighted by molar-refractivity contribution is 6.04. The van der Waals surface area contributed by atoms with E-state index in [9.17, 15) is 4.79 Å². The molecule has 208 valence electrons. The van der Waals surface area contributed by atoms with Crippen LogP contribution in [0.25, 0.3) is 5.76 Å². The van der Waals surface area contributed by atoms with E-state index in [0.717, 1.165) is 55.6 Å². The molecule has 4 rings (SSSR count). The predicted molar refractivity (Wildman–Crippen MR) is 157 cm³/mol. The van der Waals surface area contributed by atoms with Crippen LogP contribution in [0.2, 0.25) is 0 Å². The number of carbonyl (C=O) groups is 1. The number of nitrogens with one attached hydrogen (secondary N) is 1. The van der Waals surface area contributed by atoms with Crippen molar-refractivity contribution in [2.24, 2.45) is 7.05 Å². The Balaban J connectivity index is 1.59. The molecule has 39 heavy (non-hydrogen) atoms. The topological polar surface area (TPSA) is 81.5 Å². The summed E-state index contributed by atoms with van der Waals surface area (Å²) in [5, 5.41) is 3.08. The maximum atomic E-state index is 13.5. The molecule has 1 N–H and O–H groups in total. The maximum absolute atomic E-state index is 13.5. The minimum atomic E-state index is -0.199. The van der Waals surface area contributed by atoms with Crippen molar-refractivity contribution in [1.82, 2.24) is 14.5 Å². The van der Waals surface area contributed by atoms with Gasteiger partial charge < -0.3 is 24.3 Å². The molecule has 0 fully saturated rings. The summed E-state index contributed by atoms with van der Waals surface area (Å²) >= 11 is 0. The van der Waals surface area contributed by atoms with Crippen LogP contribution in [0.15, 0.2) is 42.6 Å². The van der Waals surface area contributed by atoms with Crippen LogP contribution >= 0.6 is 0 Å². The van der Waals surface area contributed by atoms with Crippen LogP contribution in [-0.2, 0) is 18.9 Å². The van der Waals surface area contributed by atoms with Gasteiger partial charge in [-0.05, 0) is 66.5 Å². The number of ether oxygens (including phenoxy) is 2. The van der Waals surface area contributed by atoms with E-state index in [0.29, 0.717) is 34.7 Å². The highest BCUT2D eigenvalue weighted by atomic mass is 16.5. The second-order valence-corrected chi connectivity index (χ2v) is 11.0. The summed E-state index contributed by atoms with van der Waals surface area (Å²) in [5.74, 6) is 2.29. The van der Waals surface area contributed by atoms with E-state index in [4.69, 9.17) is 14.5 Å². The summed E-state index contributed by atoms with van der Waals surface area (Å²) in [6, 6.07) is 9.66. The fraction of sp³-hybridized carbons (Fsp3) is 0.452. The number of hydrogen-bond donors (Lipinski definition) is 1. The molecule has 8 heteroatoms. The molecule has 2 heterocycles. The Kier molecular flexibility index (Phi) is 8.63. The van der Waals surface area contributed by atoms with Gasteiger partial charge in [0.05, 0.1) is 18.5 Å². The van der Waals surface area contributed by atoms with Crippen LogP contribution in [0.4, 0.5) is 11.6 Å². The molecule has 0 saturated carbocycles. The van der Waals surface area contributed by atoms with Crippen LogP contribution in [0.1, 0.15) is 81.2 Å². The van der Waals surface area contributed by atoms with Crippen LogP contribution in [0, 0.1) is 0 Å². The third-order valence-electron chi connectivity index (χ3n) is 6.94. The standard InChI is InChI=1S/C31H41N5O3/c1-8-17-36(18-9-2)30-32-16-15-27(34-30)39-26-12-10-11-21-19-24(35(6)28(21)26)29(37)33-23-20-22(31(3,4)5)13-14-25(23)38-7/h12-16,19-20H,8-11,17-18H2,1-7H3,(H,33,37). The largest absolute Gasteiger partial charge is 0.495 e. The Labute approximate surface area is 232 Å². The maximum Gasteiger partial charge on any atom is 0.272 e. The Hall–Kier alpha value is -3.81. The fourth-order valence-electron chi connectivity index (χ4n) is 4.91. The lowest BCUT2D eigenvalue weighted by Crippen LogP contribution is -2.26. The molecule has 0 spiro atoms. The lowest BCUT2D eigenvalue weighted by atomic mass is 9.87. The van der Waals surface area contributed by atoms with Crippen molar-refractivity contribution in [2.75, 3.05) is 30.4 Å². The van der Waals surface area contributed by atoms with E-state index in [1.807, 2.05) is 35.9 Å². The van der Waals surface area contributed by atoms with Gasteiger partial charge >= 0.3 is 0 Å². The van der Waals surface area contributed by atoms with E-state index in [1.165, 1.54) is 0 Å². The summed E-state index contributed by atoms with van der Waals surface area (Å²) in [4.78, 5) is 24.9. The monoisotopic (exact) mass is 531 g/mol. The molecular weight excluding hydrogens is 490 g/mol. The average molecular weight is 532 g/mol. The van der Waals surface area contributed by atoms with Gasteiger partial charge in [-0.3, -0.25) is 4.79 Å². The van der Waals surface area contributed by atoms with Gasteiger partial charge in [-0.15, -0.1) is 0 Å². The van der Waals surface area contributed by atoms with Crippen LogP contribution in [0.5, 0.6) is 11.6 Å². The van der Waals surface area contributed by atoms with E-state index < -0.39 is 0 Å². The SMILES string of the molecule is CCCN(CCC)c1nccc(OC2=CCCc3cc(C(=O)Nc4cc(C(C)(C)C)ccc4OC)n(C)c32)n1. The van der Waals surface area contributed by atoms with Crippen LogP contribution in [-0.4, -0.2) is 40.6 Å². The van der Waals surface area contributed by atoms with E-state index in [1.54, 1.807) is 19.4 Å². The van der Waals surface area contributed by atoms with Crippen molar-refractivity contribution >= 4 is 23.3 Å². The molecule has 1 aliphatic carbocycles. The Morgan fingerprint density at radius 3 is 2.54 bits per heavy atom. The first-order valence-electron chi connectivity index (χ1n) is 13.8. The Morgan fingerprint density at radius 1 is 1.13 bits per heavy atom. The predicted octanol–water partition coefficient (Wildman–Crippen LogP) is 6.37. The van der Waals surface area contributed by atoms with Crippen LogP contribution in [0.3, 0.4) is 0 Å². The number of allylic oxidation sites excluding steroid dienone is 1. The minimum Gasteiger partial charge on any atom is -0.495 e. The number of methoxy groups -OCH3 is 1. The lowest BCUT2D eigenvalue weighted by molar-refractivity contribution is 0.101. The van der Waals surface area contributed by atoms with Crippen molar-refractivity contribution in [3.8, 4) is 11.6 Å². The normalized spacial score (nSPS) is 12.9. The lowest BCUT2D eigenvalue weighted by Gasteiger charge is -2.22. The molecule has 0 saturated heterocycles. The number of amides is 1. The summed E-state index contributed by atoms with van der Waals surface area (Å²) in [6.07, 6.45) is 7.50. The number of rotatable bonds is 10. The molecule has 0 unspecified atom stereocenters. The van der Waals surface area contributed by atoms with Crippen molar-refractivity contribution in [2.45, 2.75) is 65.7 Å². The number of hydrogen-bond acceptors (Lipinski definition) is 6. The number of carbonyl (C=O) groups excluding carboxylic acids is 1. The number of aromatic nitrogens is 3. The number of aryl methyl sites for hydroxylation is 1. The Bertz CT molecular complexity index is 1350. The summed E-state index contributed by atoms with van der Waals surface area (Å²) < 4.78 is 13.8. The van der Waals surface area contributed by atoms with Crippen molar-refractivity contribution in [3.05, 3.63) is 65.1 Å². The minimum absolute atomic E-state index is 0.0577. The molecule has 0 bridgehead atoms. The van der Waals surface area contributed by atoms with Gasteiger partial charge in [0.25, 0.3) is 5.91 Å². The van der Waals surface area contributed by atoms with Crippen molar-refractivity contribution in [1.29, 1.82) is 0 Å². The van der Waals surface area contributed by atoms with Gasteiger partial charge in [0.15, 0.2) is 0 Å². The molecule has 2 aromatic heterocycles. The van der Waals surface area contributed by atoms with E-state index in [-0.39, 0.29) is 11.3 Å². The van der Waals surface area contributed by atoms with E-state index in [2.05, 4.69) is 55.9 Å². The van der Waals surface area contributed by atoms with Gasteiger partial charge in [0.1, 0.15) is 17.2 Å². The zero-order valence-electron chi connectivity index (χ0n) is 24.3. The molecular formula is C31H41N5O3. The molecule has 0 atom stereocenters. The van der Waals surface area contributed by atoms with Gasteiger partial charge in [0.2, 0.25) is 11.8 Å².